The maximum atomic E-state index is 12.6. The van der Waals surface area contributed by atoms with Crippen LogP contribution in [-0.4, -0.2) is 43.0 Å². The molecule has 1 N–H and O–H groups in total. The number of carbonyl (C=O) groups excluding carboxylic acids is 1. The minimum absolute atomic E-state index is 0.244. The molecule has 0 fully saturated rings. The first-order valence-corrected chi connectivity index (χ1v) is 8.34. The number of fused-ring (bicyclic) bond motifs is 2. The number of halogens is 2. The van der Waals surface area contributed by atoms with Crippen molar-refractivity contribution < 1.29 is 4.79 Å². The maximum absolute atomic E-state index is 12.6. The quantitative estimate of drug-likeness (QED) is 0.714. The molecule has 0 aliphatic carbocycles. The zero-order valence-electron chi connectivity index (χ0n) is 13.4. The molecule has 0 bridgehead atoms. The van der Waals surface area contributed by atoms with E-state index in [0.717, 1.165) is 22.8 Å². The van der Waals surface area contributed by atoms with Gasteiger partial charge in [0.15, 0.2) is 0 Å². The number of carbonyl (C=O) groups is 1. The lowest BCUT2D eigenvalue weighted by atomic mass is 10.1. The van der Waals surface area contributed by atoms with E-state index >= 15 is 0 Å². The average Bonchev–Trinajstić information content (AvgIpc) is 2.54. The topological polar surface area (TPSA) is 45.2 Å². The van der Waals surface area contributed by atoms with Crippen molar-refractivity contribution in [2.45, 2.75) is 0 Å². The fourth-order valence-corrected chi connectivity index (χ4v) is 3.13. The molecule has 0 unspecified atom stereocenters. The number of amides is 1. The standard InChI is InChI=1S/C18H17Cl2N3O/c1-23(2)10-9-21-18(24)15-13(19)8-7-12-16(20)11-5-3-4-6-14(11)22-17(12)15/h3-8H,9-10H2,1-2H3,(H,21,24). The molecule has 1 aromatic heterocycles. The van der Waals surface area contributed by atoms with Gasteiger partial charge in [-0.2, -0.15) is 0 Å². The van der Waals surface area contributed by atoms with Gasteiger partial charge in [-0.25, -0.2) is 4.98 Å². The minimum Gasteiger partial charge on any atom is -0.351 e. The van der Waals surface area contributed by atoms with E-state index in [2.05, 4.69) is 10.3 Å². The van der Waals surface area contributed by atoms with Crippen LogP contribution in [0.2, 0.25) is 10.0 Å². The smallest absolute Gasteiger partial charge is 0.255 e. The van der Waals surface area contributed by atoms with Crippen molar-refractivity contribution in [2.75, 3.05) is 27.2 Å². The normalized spacial score (nSPS) is 11.4. The van der Waals surface area contributed by atoms with E-state index in [1.54, 1.807) is 12.1 Å². The summed E-state index contributed by atoms with van der Waals surface area (Å²) in [6.07, 6.45) is 0. The monoisotopic (exact) mass is 361 g/mol. The Hall–Kier alpha value is -1.88. The summed E-state index contributed by atoms with van der Waals surface area (Å²) in [4.78, 5) is 19.2. The molecule has 2 aromatic carbocycles. The molecule has 0 radical (unpaired) electrons. The number of benzene rings is 2. The Morgan fingerprint density at radius 2 is 1.88 bits per heavy atom. The number of rotatable bonds is 4. The lowest BCUT2D eigenvalue weighted by molar-refractivity contribution is 0.0952. The predicted octanol–water partition coefficient (Wildman–Crippen LogP) is 3.99. The number of aromatic nitrogens is 1. The van der Waals surface area contributed by atoms with E-state index in [1.165, 1.54) is 0 Å². The molecule has 0 aliphatic rings. The summed E-state index contributed by atoms with van der Waals surface area (Å²) in [5, 5.41) is 5.40. The van der Waals surface area contributed by atoms with Gasteiger partial charge in [0.2, 0.25) is 0 Å². The highest BCUT2D eigenvalue weighted by Gasteiger charge is 2.18. The second-order valence-corrected chi connectivity index (χ2v) is 6.61. The van der Waals surface area contributed by atoms with Crippen molar-refractivity contribution in [2.24, 2.45) is 0 Å². The van der Waals surface area contributed by atoms with E-state index in [-0.39, 0.29) is 5.91 Å². The van der Waals surface area contributed by atoms with Gasteiger partial charge in [-0.05, 0) is 32.3 Å². The van der Waals surface area contributed by atoms with Gasteiger partial charge in [-0.15, -0.1) is 0 Å². The summed E-state index contributed by atoms with van der Waals surface area (Å²) in [7, 11) is 3.90. The van der Waals surface area contributed by atoms with Crippen LogP contribution >= 0.6 is 23.2 Å². The fraction of sp³-hybridized carbons (Fsp3) is 0.222. The van der Waals surface area contributed by atoms with Gasteiger partial charge in [0.05, 0.1) is 26.6 Å². The zero-order chi connectivity index (χ0) is 17.3. The summed E-state index contributed by atoms with van der Waals surface area (Å²) < 4.78 is 0. The number of pyridine rings is 1. The van der Waals surface area contributed by atoms with E-state index in [0.29, 0.717) is 27.7 Å². The molecule has 0 spiro atoms. The molecule has 24 heavy (non-hydrogen) atoms. The summed E-state index contributed by atoms with van der Waals surface area (Å²) in [6.45, 7) is 1.27. The van der Waals surface area contributed by atoms with Crippen LogP contribution in [0.1, 0.15) is 10.4 Å². The minimum atomic E-state index is -0.244. The molecular weight excluding hydrogens is 345 g/mol. The van der Waals surface area contributed by atoms with Gasteiger partial charge in [-0.1, -0.05) is 41.4 Å². The molecule has 4 nitrogen and oxygen atoms in total. The third-order valence-electron chi connectivity index (χ3n) is 3.81. The molecule has 1 heterocycles. The van der Waals surface area contributed by atoms with Gasteiger partial charge in [-0.3, -0.25) is 4.79 Å². The highest BCUT2D eigenvalue weighted by Crippen LogP contribution is 2.34. The molecule has 3 aromatic rings. The maximum Gasteiger partial charge on any atom is 0.255 e. The number of nitrogens with one attached hydrogen (secondary N) is 1. The number of para-hydroxylation sites is 1. The number of likely N-dealkylation sites (N-methyl/N-ethyl adjacent to an activating group) is 1. The van der Waals surface area contributed by atoms with Crippen LogP contribution in [0, 0.1) is 0 Å². The molecule has 0 aliphatic heterocycles. The SMILES string of the molecule is CN(C)CCNC(=O)c1c(Cl)ccc2c(Cl)c3ccccc3nc12. The van der Waals surface area contributed by atoms with Crippen molar-refractivity contribution in [3.63, 3.8) is 0 Å². The molecular formula is C18H17Cl2N3O. The zero-order valence-corrected chi connectivity index (χ0v) is 14.9. The average molecular weight is 362 g/mol. The van der Waals surface area contributed by atoms with Gasteiger partial charge >= 0.3 is 0 Å². The van der Waals surface area contributed by atoms with Crippen LogP contribution in [0.4, 0.5) is 0 Å². The first-order chi connectivity index (χ1) is 11.5. The van der Waals surface area contributed by atoms with Crippen LogP contribution in [0.3, 0.4) is 0 Å². The largest absolute Gasteiger partial charge is 0.351 e. The van der Waals surface area contributed by atoms with Crippen LogP contribution in [0.25, 0.3) is 21.8 Å². The van der Waals surface area contributed by atoms with Gasteiger partial charge in [0.1, 0.15) is 0 Å². The molecule has 0 atom stereocenters. The first kappa shape index (κ1) is 17.0. The lowest BCUT2D eigenvalue weighted by Gasteiger charge is -2.13. The molecule has 0 saturated carbocycles. The van der Waals surface area contributed by atoms with Crippen LogP contribution < -0.4 is 5.32 Å². The van der Waals surface area contributed by atoms with E-state index < -0.39 is 0 Å². The van der Waals surface area contributed by atoms with Crippen molar-refractivity contribution in [1.82, 2.24) is 15.2 Å². The van der Waals surface area contributed by atoms with Crippen molar-refractivity contribution in [3.8, 4) is 0 Å². The van der Waals surface area contributed by atoms with E-state index in [4.69, 9.17) is 23.2 Å². The number of hydrogen-bond donors (Lipinski definition) is 1. The molecule has 1 amide bonds. The van der Waals surface area contributed by atoms with Crippen LogP contribution in [0.15, 0.2) is 36.4 Å². The molecule has 124 valence electrons. The van der Waals surface area contributed by atoms with Gasteiger partial charge in [0, 0.05) is 23.9 Å². The molecule has 6 heteroatoms. The summed E-state index contributed by atoms with van der Waals surface area (Å²) in [5.74, 6) is -0.244. The Kier molecular flexibility index (Phi) is 4.90. The molecule has 3 rings (SSSR count). The van der Waals surface area contributed by atoms with Gasteiger partial charge < -0.3 is 10.2 Å². The van der Waals surface area contributed by atoms with Crippen molar-refractivity contribution >= 4 is 50.9 Å². The van der Waals surface area contributed by atoms with E-state index in [9.17, 15) is 4.79 Å². The number of nitrogens with zero attached hydrogens (tertiary/aromatic N) is 2. The third kappa shape index (κ3) is 3.18. The predicted molar refractivity (Wildman–Crippen MR) is 100 cm³/mol. The summed E-state index contributed by atoms with van der Waals surface area (Å²) in [6, 6.07) is 11.1. The fourth-order valence-electron chi connectivity index (χ4n) is 2.58. The van der Waals surface area contributed by atoms with Crippen molar-refractivity contribution in [1.29, 1.82) is 0 Å². The van der Waals surface area contributed by atoms with Crippen LogP contribution in [0.5, 0.6) is 0 Å². The molecule has 0 saturated heterocycles. The highest BCUT2D eigenvalue weighted by atomic mass is 35.5. The Morgan fingerprint density at radius 3 is 2.62 bits per heavy atom. The summed E-state index contributed by atoms with van der Waals surface area (Å²) >= 11 is 12.8. The number of hydrogen-bond acceptors (Lipinski definition) is 3. The summed E-state index contributed by atoms with van der Waals surface area (Å²) in [5.41, 5.74) is 1.62. The van der Waals surface area contributed by atoms with Gasteiger partial charge in [0.25, 0.3) is 5.91 Å². The second kappa shape index (κ2) is 6.93. The Morgan fingerprint density at radius 1 is 1.12 bits per heavy atom. The Bertz CT molecular complexity index is 925. The first-order valence-electron chi connectivity index (χ1n) is 7.58. The Labute approximate surface area is 150 Å². The van der Waals surface area contributed by atoms with Crippen LogP contribution in [-0.2, 0) is 0 Å². The third-order valence-corrected chi connectivity index (χ3v) is 4.53. The second-order valence-electron chi connectivity index (χ2n) is 5.82. The Balaban J connectivity index is 2.13. The van der Waals surface area contributed by atoms with E-state index in [1.807, 2.05) is 43.3 Å². The van der Waals surface area contributed by atoms with Crippen molar-refractivity contribution in [3.05, 3.63) is 52.0 Å². The lowest BCUT2D eigenvalue weighted by Crippen LogP contribution is -2.31. The highest BCUT2D eigenvalue weighted by molar-refractivity contribution is 6.42.